The van der Waals surface area contributed by atoms with Crippen LogP contribution in [0.25, 0.3) is 0 Å². The highest BCUT2D eigenvalue weighted by Crippen LogP contribution is 2.14. The van der Waals surface area contributed by atoms with E-state index in [9.17, 15) is 4.79 Å². The molecular weight excluding hydrogens is 286 g/mol. The lowest BCUT2D eigenvalue weighted by molar-refractivity contribution is -0.116. The Morgan fingerprint density at radius 3 is 2.35 bits per heavy atom. The molecule has 1 heterocycles. The number of nitrogens with zero attached hydrogens (tertiary/aromatic N) is 2. The van der Waals surface area contributed by atoms with Gasteiger partial charge in [-0.05, 0) is 44.9 Å². The number of aryl methyl sites for hydroxylation is 2. The van der Waals surface area contributed by atoms with Gasteiger partial charge in [0.2, 0.25) is 5.91 Å². The number of rotatable bonds is 7. The third-order valence-electron chi connectivity index (χ3n) is 3.88. The predicted molar refractivity (Wildman–Crippen MR) is 95.9 cm³/mol. The zero-order chi connectivity index (χ0) is 16.7. The van der Waals surface area contributed by atoms with Crippen LogP contribution < -0.4 is 10.2 Å². The van der Waals surface area contributed by atoms with Gasteiger partial charge in [-0.15, -0.1) is 0 Å². The van der Waals surface area contributed by atoms with Gasteiger partial charge in [-0.1, -0.05) is 29.8 Å². The number of anilines is 2. The second kappa shape index (κ2) is 8.32. The van der Waals surface area contributed by atoms with E-state index in [2.05, 4.69) is 60.2 Å². The summed E-state index contributed by atoms with van der Waals surface area (Å²) in [7, 11) is 0. The molecule has 0 atom stereocenters. The number of hydrogen-bond donors (Lipinski definition) is 1. The van der Waals surface area contributed by atoms with Gasteiger partial charge in [0.05, 0.1) is 11.9 Å². The first-order valence-electron chi connectivity index (χ1n) is 8.18. The van der Waals surface area contributed by atoms with Crippen LogP contribution in [-0.2, 0) is 11.2 Å². The van der Waals surface area contributed by atoms with E-state index in [0.717, 1.165) is 31.0 Å². The van der Waals surface area contributed by atoms with Crippen molar-refractivity contribution in [2.75, 3.05) is 23.3 Å². The molecule has 0 aliphatic rings. The van der Waals surface area contributed by atoms with E-state index < -0.39 is 0 Å². The van der Waals surface area contributed by atoms with Crippen LogP contribution in [-0.4, -0.2) is 24.0 Å². The van der Waals surface area contributed by atoms with E-state index in [-0.39, 0.29) is 5.91 Å². The molecule has 4 nitrogen and oxygen atoms in total. The molecule has 1 amide bonds. The highest BCUT2D eigenvalue weighted by atomic mass is 16.1. The molecule has 0 saturated carbocycles. The molecule has 23 heavy (non-hydrogen) atoms. The average Bonchev–Trinajstić information content (AvgIpc) is 2.57. The number of pyridine rings is 1. The first-order valence-corrected chi connectivity index (χ1v) is 8.18. The van der Waals surface area contributed by atoms with E-state index in [1.165, 1.54) is 11.1 Å². The van der Waals surface area contributed by atoms with E-state index in [0.29, 0.717) is 6.42 Å². The van der Waals surface area contributed by atoms with Gasteiger partial charge in [0.25, 0.3) is 0 Å². The topological polar surface area (TPSA) is 45.2 Å². The van der Waals surface area contributed by atoms with Gasteiger partial charge in [-0.3, -0.25) is 4.79 Å². The van der Waals surface area contributed by atoms with Crippen LogP contribution in [0.4, 0.5) is 11.5 Å². The number of carbonyl (C=O) groups excluding carboxylic acids is 1. The number of hydrogen-bond acceptors (Lipinski definition) is 3. The SMILES string of the molecule is CCN(CC)c1ccc(NC(=O)CCc2ccc(C)cc2)cn1. The maximum atomic E-state index is 12.0. The number of carbonyl (C=O) groups is 1. The highest BCUT2D eigenvalue weighted by molar-refractivity contribution is 5.90. The smallest absolute Gasteiger partial charge is 0.224 e. The molecule has 0 unspecified atom stereocenters. The second-order valence-electron chi connectivity index (χ2n) is 5.61. The summed E-state index contributed by atoms with van der Waals surface area (Å²) in [5, 5.41) is 2.91. The summed E-state index contributed by atoms with van der Waals surface area (Å²) in [6.07, 6.45) is 2.94. The minimum atomic E-state index is 0.0166. The molecule has 0 spiro atoms. The first-order chi connectivity index (χ1) is 11.1. The standard InChI is InChI=1S/C19H25N3O/c1-4-22(5-2)18-12-11-17(14-20-18)21-19(23)13-10-16-8-6-15(3)7-9-16/h6-9,11-12,14H,4-5,10,13H2,1-3H3,(H,21,23). The van der Waals surface area contributed by atoms with E-state index in [4.69, 9.17) is 0 Å². The van der Waals surface area contributed by atoms with Gasteiger partial charge in [0.1, 0.15) is 5.82 Å². The van der Waals surface area contributed by atoms with Crippen LogP contribution >= 0.6 is 0 Å². The Kier molecular flexibility index (Phi) is 6.15. The maximum absolute atomic E-state index is 12.0. The van der Waals surface area contributed by atoms with Crippen LogP contribution in [0.2, 0.25) is 0 Å². The van der Waals surface area contributed by atoms with E-state index >= 15 is 0 Å². The molecule has 4 heteroatoms. The summed E-state index contributed by atoms with van der Waals surface area (Å²) in [5.74, 6) is 0.954. The number of amides is 1. The summed E-state index contributed by atoms with van der Waals surface area (Å²) < 4.78 is 0. The van der Waals surface area contributed by atoms with Gasteiger partial charge >= 0.3 is 0 Å². The zero-order valence-electron chi connectivity index (χ0n) is 14.2. The largest absolute Gasteiger partial charge is 0.357 e. The molecule has 0 aliphatic carbocycles. The van der Waals surface area contributed by atoms with Gasteiger partial charge in [0, 0.05) is 19.5 Å². The molecule has 1 aromatic heterocycles. The van der Waals surface area contributed by atoms with Gasteiger partial charge in [0.15, 0.2) is 0 Å². The molecule has 1 aromatic carbocycles. The lowest BCUT2D eigenvalue weighted by atomic mass is 10.1. The fourth-order valence-corrected chi connectivity index (χ4v) is 2.43. The summed E-state index contributed by atoms with van der Waals surface area (Å²) in [6.45, 7) is 8.11. The van der Waals surface area contributed by atoms with Crippen molar-refractivity contribution in [3.05, 3.63) is 53.7 Å². The molecule has 0 fully saturated rings. The number of nitrogens with one attached hydrogen (secondary N) is 1. The Balaban J connectivity index is 1.86. The quantitative estimate of drug-likeness (QED) is 0.846. The fraction of sp³-hybridized carbons (Fsp3) is 0.368. The summed E-state index contributed by atoms with van der Waals surface area (Å²) >= 11 is 0. The van der Waals surface area contributed by atoms with Crippen LogP contribution in [0.1, 0.15) is 31.4 Å². The van der Waals surface area contributed by atoms with Gasteiger partial charge in [-0.2, -0.15) is 0 Å². The minimum absolute atomic E-state index is 0.0166. The molecule has 2 rings (SSSR count). The predicted octanol–water partition coefficient (Wildman–Crippen LogP) is 3.81. The van der Waals surface area contributed by atoms with Crippen molar-refractivity contribution in [3.8, 4) is 0 Å². The van der Waals surface area contributed by atoms with Crippen molar-refractivity contribution in [1.29, 1.82) is 0 Å². The fourth-order valence-electron chi connectivity index (χ4n) is 2.43. The summed E-state index contributed by atoms with van der Waals surface area (Å²) in [4.78, 5) is 18.6. The molecular formula is C19H25N3O. The van der Waals surface area contributed by atoms with Crippen molar-refractivity contribution in [2.45, 2.75) is 33.6 Å². The lowest BCUT2D eigenvalue weighted by Crippen LogP contribution is -2.22. The Morgan fingerprint density at radius 2 is 1.78 bits per heavy atom. The van der Waals surface area contributed by atoms with Gasteiger partial charge < -0.3 is 10.2 Å². The van der Waals surface area contributed by atoms with Gasteiger partial charge in [-0.25, -0.2) is 4.98 Å². The van der Waals surface area contributed by atoms with Crippen LogP contribution in [0, 0.1) is 6.92 Å². The third-order valence-corrected chi connectivity index (χ3v) is 3.88. The first kappa shape index (κ1) is 17.0. The van der Waals surface area contributed by atoms with Crippen molar-refractivity contribution < 1.29 is 4.79 Å². The average molecular weight is 311 g/mol. The Bertz CT molecular complexity index is 616. The van der Waals surface area contributed by atoms with Crippen molar-refractivity contribution >= 4 is 17.4 Å². The Morgan fingerprint density at radius 1 is 1.09 bits per heavy atom. The van der Waals surface area contributed by atoms with Crippen LogP contribution in [0.3, 0.4) is 0 Å². The zero-order valence-corrected chi connectivity index (χ0v) is 14.2. The highest BCUT2D eigenvalue weighted by Gasteiger charge is 2.06. The van der Waals surface area contributed by atoms with Crippen molar-refractivity contribution in [3.63, 3.8) is 0 Å². The molecule has 122 valence electrons. The second-order valence-corrected chi connectivity index (χ2v) is 5.61. The molecule has 0 saturated heterocycles. The summed E-state index contributed by atoms with van der Waals surface area (Å²) in [6, 6.07) is 12.1. The van der Waals surface area contributed by atoms with Crippen LogP contribution in [0.5, 0.6) is 0 Å². The monoisotopic (exact) mass is 311 g/mol. The van der Waals surface area contributed by atoms with Crippen molar-refractivity contribution in [2.24, 2.45) is 0 Å². The molecule has 1 N–H and O–H groups in total. The number of aromatic nitrogens is 1. The van der Waals surface area contributed by atoms with E-state index in [1.807, 2.05) is 12.1 Å². The van der Waals surface area contributed by atoms with Crippen molar-refractivity contribution in [1.82, 2.24) is 4.98 Å². The lowest BCUT2D eigenvalue weighted by Gasteiger charge is -2.19. The maximum Gasteiger partial charge on any atom is 0.224 e. The Hall–Kier alpha value is -2.36. The molecule has 0 bridgehead atoms. The molecule has 0 radical (unpaired) electrons. The molecule has 2 aromatic rings. The van der Waals surface area contributed by atoms with Crippen LogP contribution in [0.15, 0.2) is 42.6 Å². The normalized spacial score (nSPS) is 10.4. The summed E-state index contributed by atoms with van der Waals surface area (Å²) in [5.41, 5.74) is 3.16. The molecule has 0 aliphatic heterocycles. The third kappa shape index (κ3) is 5.09. The minimum Gasteiger partial charge on any atom is -0.357 e. The Labute approximate surface area is 138 Å². The number of benzene rings is 1. The van der Waals surface area contributed by atoms with E-state index in [1.54, 1.807) is 6.20 Å².